The Kier molecular flexibility index (Phi) is 6.73. The highest BCUT2D eigenvalue weighted by atomic mass is 16.5. The molecule has 4 unspecified atom stereocenters. The number of hydrogen-bond acceptors (Lipinski definition) is 6. The van der Waals surface area contributed by atoms with E-state index < -0.39 is 0 Å². The van der Waals surface area contributed by atoms with E-state index in [4.69, 9.17) is 4.74 Å². The van der Waals surface area contributed by atoms with E-state index in [1.165, 1.54) is 0 Å². The molecule has 1 saturated carbocycles. The molecule has 2 amide bonds. The van der Waals surface area contributed by atoms with Crippen molar-refractivity contribution >= 4 is 11.8 Å². The molecule has 3 saturated heterocycles. The highest BCUT2D eigenvalue weighted by Crippen LogP contribution is 2.38. The van der Waals surface area contributed by atoms with Gasteiger partial charge in [0, 0.05) is 57.3 Å². The summed E-state index contributed by atoms with van der Waals surface area (Å²) in [6.45, 7) is 6.43. The third kappa shape index (κ3) is 4.55. The second-order valence-electron chi connectivity index (χ2n) is 9.46. The highest BCUT2D eigenvalue weighted by Gasteiger charge is 2.51. The van der Waals surface area contributed by atoms with Gasteiger partial charge in [0.25, 0.3) is 0 Å². The molecule has 1 aliphatic carbocycles. The lowest BCUT2D eigenvalue weighted by atomic mass is 9.78. The van der Waals surface area contributed by atoms with E-state index in [1.54, 1.807) is 0 Å². The van der Waals surface area contributed by atoms with Gasteiger partial charge in [-0.1, -0.05) is 30.3 Å². The Morgan fingerprint density at radius 1 is 1.09 bits per heavy atom. The van der Waals surface area contributed by atoms with Gasteiger partial charge >= 0.3 is 0 Å². The van der Waals surface area contributed by atoms with Crippen LogP contribution in [0.5, 0.6) is 0 Å². The third-order valence-corrected chi connectivity index (χ3v) is 7.55. The first kappa shape index (κ1) is 21.8. The molecule has 32 heavy (non-hydrogen) atoms. The Hall–Kier alpha value is -2.00. The SMILES string of the molecule is O=C(NCCN1CCOCC1)C1CCC2C(C1)N(Cc1ccccc1)C(=O)C1CCNN12. The number of morpholine rings is 1. The lowest BCUT2D eigenvalue weighted by Gasteiger charge is -2.51. The molecule has 0 aromatic heterocycles. The topological polar surface area (TPSA) is 77.2 Å². The van der Waals surface area contributed by atoms with Crippen LogP contribution in [-0.4, -0.2) is 90.7 Å². The predicted molar refractivity (Wildman–Crippen MR) is 120 cm³/mol. The molecule has 3 heterocycles. The number of piperazine rings is 1. The average molecular weight is 442 g/mol. The molecule has 5 rings (SSSR count). The van der Waals surface area contributed by atoms with E-state index in [-0.39, 0.29) is 35.9 Å². The first-order valence-corrected chi connectivity index (χ1v) is 12.1. The average Bonchev–Trinajstić information content (AvgIpc) is 3.33. The summed E-state index contributed by atoms with van der Waals surface area (Å²) in [5, 5.41) is 5.37. The monoisotopic (exact) mass is 441 g/mol. The first-order chi connectivity index (χ1) is 15.7. The van der Waals surface area contributed by atoms with Crippen LogP contribution >= 0.6 is 0 Å². The minimum atomic E-state index is -0.0705. The normalized spacial score (nSPS) is 31.2. The molecule has 2 N–H and O–H groups in total. The van der Waals surface area contributed by atoms with Crippen LogP contribution in [0.3, 0.4) is 0 Å². The van der Waals surface area contributed by atoms with Crippen LogP contribution in [0.15, 0.2) is 30.3 Å². The van der Waals surface area contributed by atoms with E-state index in [0.717, 1.165) is 70.6 Å². The van der Waals surface area contributed by atoms with Crippen LogP contribution in [0.1, 0.15) is 31.2 Å². The maximum atomic E-state index is 13.4. The molecule has 4 fully saturated rings. The maximum absolute atomic E-state index is 13.4. The molecule has 4 atom stereocenters. The summed E-state index contributed by atoms with van der Waals surface area (Å²) in [6.07, 6.45) is 3.41. The van der Waals surface area contributed by atoms with Crippen molar-refractivity contribution in [3.63, 3.8) is 0 Å². The van der Waals surface area contributed by atoms with Gasteiger partial charge in [-0.2, -0.15) is 0 Å². The number of carbonyl (C=O) groups excluding carboxylic acids is 2. The van der Waals surface area contributed by atoms with Gasteiger partial charge in [-0.15, -0.1) is 0 Å². The molecule has 8 nitrogen and oxygen atoms in total. The lowest BCUT2D eigenvalue weighted by molar-refractivity contribution is -0.157. The van der Waals surface area contributed by atoms with Gasteiger partial charge in [0.15, 0.2) is 0 Å². The number of ether oxygens (including phenoxy) is 1. The Bertz CT molecular complexity index is 800. The number of fused-ring (bicyclic) bond motifs is 3. The van der Waals surface area contributed by atoms with Crippen LogP contribution < -0.4 is 10.7 Å². The van der Waals surface area contributed by atoms with E-state index in [2.05, 4.69) is 37.7 Å². The largest absolute Gasteiger partial charge is 0.379 e. The first-order valence-electron chi connectivity index (χ1n) is 12.1. The summed E-state index contributed by atoms with van der Waals surface area (Å²) in [6, 6.07) is 10.5. The fourth-order valence-corrected chi connectivity index (χ4v) is 5.84. The Labute approximate surface area is 190 Å². The number of nitrogens with zero attached hydrogens (tertiary/aromatic N) is 3. The van der Waals surface area contributed by atoms with Gasteiger partial charge in [-0.05, 0) is 31.2 Å². The number of hydrazine groups is 1. The van der Waals surface area contributed by atoms with Crippen molar-refractivity contribution in [3.8, 4) is 0 Å². The van der Waals surface area contributed by atoms with Crippen LogP contribution in [0.25, 0.3) is 0 Å². The number of benzene rings is 1. The van der Waals surface area contributed by atoms with E-state index in [1.807, 2.05) is 18.2 Å². The number of hydrogen-bond donors (Lipinski definition) is 2. The quantitative estimate of drug-likeness (QED) is 0.673. The molecule has 4 aliphatic rings. The summed E-state index contributed by atoms with van der Waals surface area (Å²) >= 11 is 0. The predicted octanol–water partition coefficient (Wildman–Crippen LogP) is 0.593. The Morgan fingerprint density at radius 3 is 2.72 bits per heavy atom. The summed E-state index contributed by atoms with van der Waals surface area (Å²) in [4.78, 5) is 30.8. The third-order valence-electron chi connectivity index (χ3n) is 7.55. The molecular formula is C24H35N5O3. The number of amides is 2. The Balaban J connectivity index is 1.24. The molecule has 1 aromatic carbocycles. The van der Waals surface area contributed by atoms with Gasteiger partial charge in [0.1, 0.15) is 6.04 Å². The van der Waals surface area contributed by atoms with Crippen molar-refractivity contribution in [3.05, 3.63) is 35.9 Å². The summed E-state index contributed by atoms with van der Waals surface area (Å²) in [7, 11) is 0. The fraction of sp³-hybridized carbons (Fsp3) is 0.667. The molecule has 8 heteroatoms. The van der Waals surface area contributed by atoms with Crippen molar-refractivity contribution in [2.75, 3.05) is 45.9 Å². The number of nitrogens with one attached hydrogen (secondary N) is 2. The van der Waals surface area contributed by atoms with E-state index in [0.29, 0.717) is 13.1 Å². The number of carbonyl (C=O) groups is 2. The molecular weight excluding hydrogens is 406 g/mol. The lowest BCUT2D eigenvalue weighted by Crippen LogP contribution is -2.68. The highest BCUT2D eigenvalue weighted by molar-refractivity contribution is 5.84. The Morgan fingerprint density at radius 2 is 1.91 bits per heavy atom. The molecule has 0 radical (unpaired) electrons. The van der Waals surface area contributed by atoms with Crippen molar-refractivity contribution < 1.29 is 14.3 Å². The van der Waals surface area contributed by atoms with Crippen LogP contribution in [0.4, 0.5) is 0 Å². The van der Waals surface area contributed by atoms with Crippen molar-refractivity contribution in [2.45, 2.75) is 50.4 Å². The minimum absolute atomic E-state index is 0.0360. The second-order valence-corrected chi connectivity index (χ2v) is 9.46. The molecule has 174 valence electrons. The van der Waals surface area contributed by atoms with Crippen molar-refractivity contribution in [2.24, 2.45) is 5.92 Å². The zero-order valence-corrected chi connectivity index (χ0v) is 18.7. The van der Waals surface area contributed by atoms with Crippen LogP contribution in [-0.2, 0) is 20.9 Å². The summed E-state index contributed by atoms with van der Waals surface area (Å²) in [5.41, 5.74) is 4.61. The van der Waals surface area contributed by atoms with Crippen LogP contribution in [0.2, 0.25) is 0 Å². The zero-order valence-electron chi connectivity index (χ0n) is 18.7. The minimum Gasteiger partial charge on any atom is -0.379 e. The van der Waals surface area contributed by atoms with Gasteiger partial charge in [0.05, 0.1) is 13.2 Å². The van der Waals surface area contributed by atoms with Gasteiger partial charge in [-0.3, -0.25) is 19.9 Å². The zero-order chi connectivity index (χ0) is 21.9. The van der Waals surface area contributed by atoms with E-state index >= 15 is 0 Å². The van der Waals surface area contributed by atoms with Crippen molar-refractivity contribution in [1.82, 2.24) is 25.6 Å². The molecule has 0 bridgehead atoms. The molecule has 0 spiro atoms. The fourth-order valence-electron chi connectivity index (χ4n) is 5.84. The van der Waals surface area contributed by atoms with Gasteiger partial charge in [-0.25, -0.2) is 5.01 Å². The summed E-state index contributed by atoms with van der Waals surface area (Å²) < 4.78 is 5.39. The number of rotatable bonds is 6. The second kappa shape index (κ2) is 9.87. The van der Waals surface area contributed by atoms with Gasteiger partial charge in [0.2, 0.25) is 11.8 Å². The standard InChI is InChI=1S/C24H35N5O3/c30-23(25-10-11-27-12-14-32-15-13-27)19-6-7-20-22(16-19)28(17-18-4-2-1-3-5-18)24(31)21-8-9-26-29(20)21/h1-5,19-22,26H,6-17H2,(H,25,30). The van der Waals surface area contributed by atoms with Gasteiger partial charge < -0.3 is 15.0 Å². The maximum Gasteiger partial charge on any atom is 0.242 e. The smallest absolute Gasteiger partial charge is 0.242 e. The molecule has 3 aliphatic heterocycles. The van der Waals surface area contributed by atoms with E-state index in [9.17, 15) is 9.59 Å². The summed E-state index contributed by atoms with van der Waals surface area (Å²) in [5.74, 6) is 0.306. The van der Waals surface area contributed by atoms with Crippen molar-refractivity contribution in [1.29, 1.82) is 0 Å². The molecule has 1 aromatic rings. The van der Waals surface area contributed by atoms with Crippen LogP contribution in [0, 0.1) is 5.92 Å².